The van der Waals surface area contributed by atoms with E-state index in [1.165, 1.54) is 23.1 Å². The third kappa shape index (κ3) is 3.77. The highest BCUT2D eigenvalue weighted by Gasteiger charge is 2.20. The molecule has 146 valence electrons. The minimum absolute atomic E-state index is 0.0670. The lowest BCUT2D eigenvalue weighted by molar-refractivity contribution is 0.247. The summed E-state index contributed by atoms with van der Waals surface area (Å²) in [6.45, 7) is 8.47. The van der Waals surface area contributed by atoms with E-state index in [2.05, 4.69) is 41.8 Å². The molecule has 4 rings (SSSR count). The number of hydrogen-bond acceptors (Lipinski definition) is 4. The van der Waals surface area contributed by atoms with E-state index in [-0.39, 0.29) is 5.43 Å². The molecule has 28 heavy (non-hydrogen) atoms. The number of anilines is 1. The SMILES string of the molecule is Cc1ccc(C)c(N2CCN(Cc3coc4c(Cl)cc(Cl)cc4c3=O)CC2)c1. The zero-order valence-corrected chi connectivity index (χ0v) is 17.5. The Morgan fingerprint density at radius 3 is 2.54 bits per heavy atom. The zero-order chi connectivity index (χ0) is 19.8. The molecule has 1 saturated heterocycles. The van der Waals surface area contributed by atoms with E-state index in [1.807, 2.05) is 0 Å². The molecule has 0 N–H and O–H groups in total. The van der Waals surface area contributed by atoms with Crippen molar-refractivity contribution in [2.75, 3.05) is 31.1 Å². The molecule has 2 aromatic carbocycles. The van der Waals surface area contributed by atoms with Gasteiger partial charge in [-0.1, -0.05) is 35.3 Å². The highest BCUT2D eigenvalue weighted by Crippen LogP contribution is 2.27. The van der Waals surface area contributed by atoms with Crippen molar-refractivity contribution in [3.8, 4) is 0 Å². The molecule has 6 heteroatoms. The van der Waals surface area contributed by atoms with E-state index in [0.29, 0.717) is 33.1 Å². The zero-order valence-electron chi connectivity index (χ0n) is 16.0. The normalized spacial score (nSPS) is 15.4. The number of hydrogen-bond donors (Lipinski definition) is 0. The molecule has 0 radical (unpaired) electrons. The summed E-state index contributed by atoms with van der Waals surface area (Å²) in [7, 11) is 0. The van der Waals surface area contributed by atoms with E-state index in [1.54, 1.807) is 12.1 Å². The lowest BCUT2D eigenvalue weighted by atomic mass is 10.1. The fourth-order valence-corrected chi connectivity index (χ4v) is 4.30. The molecule has 1 aliphatic heterocycles. The maximum Gasteiger partial charge on any atom is 0.197 e. The first kappa shape index (κ1) is 19.3. The van der Waals surface area contributed by atoms with E-state index in [9.17, 15) is 4.79 Å². The summed E-state index contributed by atoms with van der Waals surface area (Å²) in [6, 6.07) is 9.77. The number of rotatable bonds is 3. The fourth-order valence-electron chi connectivity index (χ4n) is 3.76. The van der Waals surface area contributed by atoms with Gasteiger partial charge < -0.3 is 9.32 Å². The maximum absolute atomic E-state index is 12.9. The quantitative estimate of drug-likeness (QED) is 0.599. The molecule has 0 amide bonds. The minimum atomic E-state index is -0.0670. The molecule has 1 aromatic heterocycles. The van der Waals surface area contributed by atoms with Gasteiger partial charge in [0.25, 0.3) is 0 Å². The number of nitrogens with zero attached hydrogens (tertiary/aromatic N) is 2. The first-order valence-corrected chi connectivity index (χ1v) is 10.1. The van der Waals surface area contributed by atoms with Crippen LogP contribution in [0, 0.1) is 13.8 Å². The Morgan fingerprint density at radius 2 is 1.79 bits per heavy atom. The average Bonchev–Trinajstić information content (AvgIpc) is 2.67. The molecule has 0 aliphatic carbocycles. The summed E-state index contributed by atoms with van der Waals surface area (Å²) in [4.78, 5) is 17.6. The molecular formula is C22H22Cl2N2O2. The molecule has 0 bridgehead atoms. The number of fused-ring (bicyclic) bond motifs is 1. The van der Waals surface area contributed by atoms with Crippen LogP contribution < -0.4 is 10.3 Å². The van der Waals surface area contributed by atoms with Crippen LogP contribution in [0.25, 0.3) is 11.0 Å². The van der Waals surface area contributed by atoms with Crippen molar-refractivity contribution in [3.05, 3.63) is 73.6 Å². The molecule has 1 aliphatic rings. The van der Waals surface area contributed by atoms with Crippen LogP contribution in [0.3, 0.4) is 0 Å². The van der Waals surface area contributed by atoms with Crippen molar-refractivity contribution >= 4 is 39.9 Å². The second-order valence-corrected chi connectivity index (χ2v) is 8.25. The van der Waals surface area contributed by atoms with Gasteiger partial charge in [-0.3, -0.25) is 9.69 Å². The van der Waals surface area contributed by atoms with Crippen molar-refractivity contribution in [3.63, 3.8) is 0 Å². The van der Waals surface area contributed by atoms with Gasteiger partial charge in [0.1, 0.15) is 0 Å². The van der Waals surface area contributed by atoms with Gasteiger partial charge in [-0.05, 0) is 43.2 Å². The molecule has 0 spiro atoms. The van der Waals surface area contributed by atoms with Crippen molar-refractivity contribution in [2.45, 2.75) is 20.4 Å². The van der Waals surface area contributed by atoms with Gasteiger partial charge in [0.2, 0.25) is 0 Å². The lowest BCUT2D eigenvalue weighted by Gasteiger charge is -2.36. The van der Waals surface area contributed by atoms with Crippen molar-refractivity contribution in [1.82, 2.24) is 4.90 Å². The van der Waals surface area contributed by atoms with E-state index < -0.39 is 0 Å². The third-order valence-electron chi connectivity index (χ3n) is 5.34. The molecule has 4 nitrogen and oxygen atoms in total. The Labute approximate surface area is 174 Å². The second kappa shape index (κ2) is 7.78. The van der Waals surface area contributed by atoms with E-state index in [4.69, 9.17) is 27.6 Å². The minimum Gasteiger partial charge on any atom is -0.462 e. The Kier molecular flexibility index (Phi) is 5.37. The van der Waals surface area contributed by atoms with Crippen LogP contribution in [-0.2, 0) is 6.54 Å². The first-order valence-electron chi connectivity index (χ1n) is 9.36. The molecule has 0 unspecified atom stereocenters. The Morgan fingerprint density at radius 1 is 1.04 bits per heavy atom. The summed E-state index contributed by atoms with van der Waals surface area (Å²) in [5.74, 6) is 0. The smallest absolute Gasteiger partial charge is 0.197 e. The number of benzene rings is 2. The van der Waals surface area contributed by atoms with Crippen LogP contribution in [0.4, 0.5) is 5.69 Å². The Balaban J connectivity index is 1.50. The Hall–Kier alpha value is -2.01. The second-order valence-electron chi connectivity index (χ2n) is 7.41. The summed E-state index contributed by atoms with van der Waals surface area (Å²) in [5, 5.41) is 1.22. The van der Waals surface area contributed by atoms with Gasteiger partial charge >= 0.3 is 0 Å². The lowest BCUT2D eigenvalue weighted by Crippen LogP contribution is -2.46. The maximum atomic E-state index is 12.9. The van der Waals surface area contributed by atoms with Gasteiger partial charge in [-0.2, -0.15) is 0 Å². The number of halogens is 2. The van der Waals surface area contributed by atoms with Crippen LogP contribution in [0.2, 0.25) is 10.0 Å². The highest BCUT2D eigenvalue weighted by molar-refractivity contribution is 6.38. The van der Waals surface area contributed by atoms with Crippen molar-refractivity contribution in [2.24, 2.45) is 0 Å². The summed E-state index contributed by atoms with van der Waals surface area (Å²) >= 11 is 12.2. The van der Waals surface area contributed by atoms with Crippen LogP contribution in [0.5, 0.6) is 0 Å². The largest absolute Gasteiger partial charge is 0.462 e. The fraction of sp³-hybridized carbons (Fsp3) is 0.318. The van der Waals surface area contributed by atoms with Crippen LogP contribution in [0.15, 0.2) is 45.8 Å². The average molecular weight is 417 g/mol. The van der Waals surface area contributed by atoms with Crippen LogP contribution in [0.1, 0.15) is 16.7 Å². The van der Waals surface area contributed by atoms with Crippen LogP contribution >= 0.6 is 23.2 Å². The first-order chi connectivity index (χ1) is 13.4. The van der Waals surface area contributed by atoms with Gasteiger partial charge in [0, 0.05) is 49.0 Å². The highest BCUT2D eigenvalue weighted by atomic mass is 35.5. The Bertz CT molecular complexity index is 1090. The predicted molar refractivity (Wildman–Crippen MR) is 116 cm³/mol. The van der Waals surface area contributed by atoms with Gasteiger partial charge in [-0.15, -0.1) is 0 Å². The monoisotopic (exact) mass is 416 g/mol. The molecule has 0 atom stereocenters. The molecule has 2 heterocycles. The van der Waals surface area contributed by atoms with E-state index in [0.717, 1.165) is 26.2 Å². The molecule has 3 aromatic rings. The molecule has 1 fully saturated rings. The summed E-state index contributed by atoms with van der Waals surface area (Å²) in [5.41, 5.74) is 4.82. The number of piperazine rings is 1. The molecular weight excluding hydrogens is 395 g/mol. The van der Waals surface area contributed by atoms with Crippen LogP contribution in [-0.4, -0.2) is 31.1 Å². The standard InChI is InChI=1S/C22H22Cl2N2O2/c1-14-3-4-15(2)20(9-14)26-7-5-25(6-8-26)12-16-13-28-22-18(21(16)27)10-17(23)11-19(22)24/h3-4,9-11,13H,5-8,12H2,1-2H3. The topological polar surface area (TPSA) is 36.7 Å². The van der Waals surface area contributed by atoms with E-state index >= 15 is 0 Å². The molecule has 0 saturated carbocycles. The third-order valence-corrected chi connectivity index (χ3v) is 5.83. The van der Waals surface area contributed by atoms with Crippen molar-refractivity contribution in [1.29, 1.82) is 0 Å². The van der Waals surface area contributed by atoms with Gasteiger partial charge in [0.15, 0.2) is 11.0 Å². The van der Waals surface area contributed by atoms with Gasteiger partial charge in [0.05, 0.1) is 16.7 Å². The van der Waals surface area contributed by atoms with Gasteiger partial charge in [-0.25, -0.2) is 0 Å². The number of aryl methyl sites for hydroxylation is 2. The van der Waals surface area contributed by atoms with Crippen molar-refractivity contribution < 1.29 is 4.42 Å². The summed E-state index contributed by atoms with van der Waals surface area (Å²) < 4.78 is 5.64. The summed E-state index contributed by atoms with van der Waals surface area (Å²) in [6.07, 6.45) is 1.53. The predicted octanol–water partition coefficient (Wildman–Crippen LogP) is 5.04.